The lowest BCUT2D eigenvalue weighted by atomic mass is 10.2. The Kier molecular flexibility index (Phi) is 5.54. The second kappa shape index (κ2) is 7.47. The zero-order valence-corrected chi connectivity index (χ0v) is 17.2. The number of amides is 1. The molecule has 3 aromatic rings. The third kappa shape index (κ3) is 3.96. The first-order valence-corrected chi connectivity index (χ1v) is 9.38. The summed E-state index contributed by atoms with van der Waals surface area (Å²) in [5.41, 5.74) is 1.47. The van der Waals surface area contributed by atoms with Crippen molar-refractivity contribution < 1.29 is 9.21 Å². The standard InChI is InChI=1S/C17H9BrCl2INO2/c18-10-2-4-14(13(21)8-10)22-17(23)16-6-5-15(24-16)9-1-3-11(19)12(20)7-9/h1-8H,(H,22,23). The van der Waals surface area contributed by atoms with Gasteiger partial charge in [-0.15, -0.1) is 0 Å². The summed E-state index contributed by atoms with van der Waals surface area (Å²) in [6.07, 6.45) is 0. The van der Waals surface area contributed by atoms with Crippen LogP contribution in [0.3, 0.4) is 0 Å². The van der Waals surface area contributed by atoms with Crippen molar-refractivity contribution in [1.29, 1.82) is 0 Å². The Hall–Kier alpha value is -1.02. The molecular formula is C17H9BrCl2INO2. The molecule has 1 N–H and O–H groups in total. The van der Waals surface area contributed by atoms with E-state index < -0.39 is 0 Å². The highest BCUT2D eigenvalue weighted by atomic mass is 127. The summed E-state index contributed by atoms with van der Waals surface area (Å²) in [5, 5.41) is 3.73. The van der Waals surface area contributed by atoms with Gasteiger partial charge in [0.15, 0.2) is 5.76 Å². The molecule has 0 unspecified atom stereocenters. The number of benzene rings is 2. The van der Waals surface area contributed by atoms with Crippen LogP contribution in [-0.2, 0) is 0 Å². The van der Waals surface area contributed by atoms with E-state index in [4.69, 9.17) is 27.6 Å². The van der Waals surface area contributed by atoms with Crippen LogP contribution < -0.4 is 5.32 Å². The van der Waals surface area contributed by atoms with Crippen molar-refractivity contribution >= 4 is 73.3 Å². The highest BCUT2D eigenvalue weighted by molar-refractivity contribution is 14.1. The summed E-state index contributed by atoms with van der Waals surface area (Å²) in [4.78, 5) is 12.3. The number of carbonyl (C=O) groups excluding carboxylic acids is 1. The Morgan fingerprint density at radius 1 is 1.04 bits per heavy atom. The lowest BCUT2D eigenvalue weighted by molar-refractivity contribution is 0.0997. The number of rotatable bonds is 3. The van der Waals surface area contributed by atoms with E-state index in [1.165, 1.54) is 0 Å². The van der Waals surface area contributed by atoms with Gasteiger partial charge in [0, 0.05) is 13.6 Å². The van der Waals surface area contributed by atoms with Gasteiger partial charge in [-0.2, -0.15) is 0 Å². The third-order valence-corrected chi connectivity index (χ3v) is 5.34. The van der Waals surface area contributed by atoms with Crippen LogP contribution in [0.4, 0.5) is 5.69 Å². The first-order chi connectivity index (χ1) is 11.4. The normalized spacial score (nSPS) is 10.7. The number of hydrogen-bond acceptors (Lipinski definition) is 2. The van der Waals surface area contributed by atoms with Crippen LogP contribution in [0.2, 0.25) is 10.0 Å². The fourth-order valence-corrected chi connectivity index (χ4v) is 3.78. The lowest BCUT2D eigenvalue weighted by Crippen LogP contribution is -2.11. The monoisotopic (exact) mass is 535 g/mol. The maximum Gasteiger partial charge on any atom is 0.291 e. The SMILES string of the molecule is O=C(Nc1ccc(Br)cc1I)c1ccc(-c2ccc(Cl)c(Cl)c2)o1. The van der Waals surface area contributed by atoms with E-state index >= 15 is 0 Å². The van der Waals surface area contributed by atoms with Gasteiger partial charge in [-0.1, -0.05) is 39.1 Å². The van der Waals surface area contributed by atoms with Crippen molar-refractivity contribution in [3.05, 3.63) is 72.4 Å². The van der Waals surface area contributed by atoms with E-state index in [0.29, 0.717) is 15.8 Å². The van der Waals surface area contributed by atoms with Crippen LogP contribution in [0.1, 0.15) is 10.6 Å². The number of hydrogen-bond donors (Lipinski definition) is 1. The molecule has 3 rings (SSSR count). The van der Waals surface area contributed by atoms with Gasteiger partial charge in [0.25, 0.3) is 5.91 Å². The van der Waals surface area contributed by atoms with Crippen LogP contribution >= 0.6 is 61.7 Å². The topological polar surface area (TPSA) is 42.2 Å². The second-order valence-electron chi connectivity index (χ2n) is 4.87. The van der Waals surface area contributed by atoms with Gasteiger partial charge < -0.3 is 9.73 Å². The molecule has 0 saturated carbocycles. The Morgan fingerprint density at radius 2 is 1.83 bits per heavy atom. The number of furan rings is 1. The van der Waals surface area contributed by atoms with Crippen LogP contribution in [0.5, 0.6) is 0 Å². The van der Waals surface area contributed by atoms with Gasteiger partial charge in [0.2, 0.25) is 0 Å². The Labute approximate surface area is 170 Å². The molecule has 0 aliphatic rings. The molecule has 0 saturated heterocycles. The van der Waals surface area contributed by atoms with Gasteiger partial charge in [0.1, 0.15) is 5.76 Å². The summed E-state index contributed by atoms with van der Waals surface area (Å²) in [5.74, 6) is 0.445. The van der Waals surface area contributed by atoms with E-state index in [2.05, 4.69) is 43.8 Å². The minimum absolute atomic E-state index is 0.217. The molecule has 24 heavy (non-hydrogen) atoms. The van der Waals surface area contributed by atoms with Crippen LogP contribution in [0, 0.1) is 3.57 Å². The molecule has 3 nitrogen and oxygen atoms in total. The molecule has 0 spiro atoms. The van der Waals surface area contributed by atoms with Gasteiger partial charge in [-0.05, 0) is 71.1 Å². The molecular weight excluding hydrogens is 528 g/mol. The van der Waals surface area contributed by atoms with Crippen molar-refractivity contribution in [3.8, 4) is 11.3 Å². The summed E-state index contributed by atoms with van der Waals surface area (Å²) < 4.78 is 7.51. The lowest BCUT2D eigenvalue weighted by Gasteiger charge is -2.06. The van der Waals surface area contributed by atoms with E-state index in [0.717, 1.165) is 19.3 Å². The number of carbonyl (C=O) groups is 1. The van der Waals surface area contributed by atoms with Crippen molar-refractivity contribution in [1.82, 2.24) is 0 Å². The third-order valence-electron chi connectivity index (χ3n) is 3.21. The van der Waals surface area contributed by atoms with Crippen LogP contribution in [-0.4, -0.2) is 5.91 Å². The molecule has 0 radical (unpaired) electrons. The molecule has 1 heterocycles. The molecule has 1 aromatic heterocycles. The molecule has 0 aliphatic heterocycles. The van der Waals surface area contributed by atoms with E-state index in [1.807, 2.05) is 18.2 Å². The largest absolute Gasteiger partial charge is 0.451 e. The minimum atomic E-state index is -0.318. The van der Waals surface area contributed by atoms with E-state index in [9.17, 15) is 4.79 Å². The predicted octanol–water partition coefficient (Wildman–Crippen LogP) is 6.87. The van der Waals surface area contributed by atoms with Gasteiger partial charge >= 0.3 is 0 Å². The molecule has 0 bridgehead atoms. The van der Waals surface area contributed by atoms with Gasteiger partial charge in [-0.3, -0.25) is 4.79 Å². The minimum Gasteiger partial charge on any atom is -0.451 e. The van der Waals surface area contributed by atoms with Crippen LogP contribution in [0.15, 0.2) is 57.4 Å². The number of halogens is 4. The molecule has 0 aliphatic carbocycles. The average molecular weight is 537 g/mol. The maximum absolute atomic E-state index is 12.3. The van der Waals surface area contributed by atoms with Crippen molar-refractivity contribution in [2.75, 3.05) is 5.32 Å². The zero-order valence-electron chi connectivity index (χ0n) is 11.9. The van der Waals surface area contributed by atoms with E-state index in [1.54, 1.807) is 30.3 Å². The molecule has 0 atom stereocenters. The summed E-state index contributed by atoms with van der Waals surface area (Å²) in [7, 11) is 0. The second-order valence-corrected chi connectivity index (χ2v) is 7.76. The van der Waals surface area contributed by atoms with Crippen molar-refractivity contribution in [3.63, 3.8) is 0 Å². The Morgan fingerprint density at radius 3 is 2.54 bits per heavy atom. The van der Waals surface area contributed by atoms with Gasteiger partial charge in [0.05, 0.1) is 15.7 Å². The molecule has 122 valence electrons. The highest BCUT2D eigenvalue weighted by Crippen LogP contribution is 2.30. The fourth-order valence-electron chi connectivity index (χ4n) is 2.04. The Bertz CT molecular complexity index is 927. The number of anilines is 1. The van der Waals surface area contributed by atoms with Crippen molar-refractivity contribution in [2.24, 2.45) is 0 Å². The smallest absolute Gasteiger partial charge is 0.291 e. The summed E-state index contributed by atoms with van der Waals surface area (Å²) >= 11 is 17.5. The zero-order chi connectivity index (χ0) is 17.3. The highest BCUT2D eigenvalue weighted by Gasteiger charge is 2.14. The fraction of sp³-hybridized carbons (Fsp3) is 0. The summed E-state index contributed by atoms with van der Waals surface area (Å²) in [6, 6.07) is 14.1. The Balaban J connectivity index is 1.82. The van der Waals surface area contributed by atoms with Crippen LogP contribution in [0.25, 0.3) is 11.3 Å². The van der Waals surface area contributed by atoms with Gasteiger partial charge in [-0.25, -0.2) is 0 Å². The first kappa shape index (κ1) is 17.8. The first-order valence-electron chi connectivity index (χ1n) is 6.76. The number of nitrogens with one attached hydrogen (secondary N) is 1. The molecule has 1 amide bonds. The summed E-state index contributed by atoms with van der Waals surface area (Å²) in [6.45, 7) is 0. The average Bonchev–Trinajstić information content (AvgIpc) is 3.03. The quantitative estimate of drug-likeness (QED) is 0.371. The molecule has 0 fully saturated rings. The molecule has 7 heteroatoms. The maximum atomic E-state index is 12.3. The predicted molar refractivity (Wildman–Crippen MR) is 109 cm³/mol. The molecule has 2 aromatic carbocycles. The van der Waals surface area contributed by atoms with E-state index in [-0.39, 0.29) is 11.7 Å². The van der Waals surface area contributed by atoms with Crippen molar-refractivity contribution in [2.45, 2.75) is 0 Å².